The van der Waals surface area contributed by atoms with Crippen molar-refractivity contribution in [1.82, 2.24) is 10.3 Å². The standard InChI is InChI=1S/C19H17F2N3O2S/c20-13-4-6-14(7-5-13)26-9-8-22-18(25)12-10-24(11-12)19-23-17-15(21)2-1-3-16(17)27-19/h1-7,12H,8-11H2,(H,22,25). The molecular weight excluding hydrogens is 372 g/mol. The van der Waals surface area contributed by atoms with Gasteiger partial charge in [-0.05, 0) is 36.4 Å². The van der Waals surface area contributed by atoms with Crippen molar-refractivity contribution in [3.63, 3.8) is 0 Å². The topological polar surface area (TPSA) is 54.5 Å². The maximum absolute atomic E-state index is 13.7. The molecule has 1 aliphatic heterocycles. The number of nitrogens with one attached hydrogen (secondary N) is 1. The average molecular weight is 389 g/mol. The molecule has 1 aliphatic rings. The molecule has 27 heavy (non-hydrogen) atoms. The molecule has 1 aromatic heterocycles. The molecule has 4 rings (SSSR count). The maximum Gasteiger partial charge on any atom is 0.226 e. The number of halogens is 2. The molecule has 0 saturated carbocycles. The van der Waals surface area contributed by atoms with E-state index < -0.39 is 0 Å². The van der Waals surface area contributed by atoms with E-state index in [0.29, 0.717) is 37.5 Å². The van der Waals surface area contributed by atoms with Gasteiger partial charge in [0.1, 0.15) is 29.5 Å². The number of rotatable bonds is 6. The molecule has 0 radical (unpaired) electrons. The van der Waals surface area contributed by atoms with E-state index in [0.717, 1.165) is 9.83 Å². The Morgan fingerprint density at radius 2 is 2.00 bits per heavy atom. The fraction of sp³-hybridized carbons (Fsp3) is 0.263. The lowest BCUT2D eigenvalue weighted by Crippen LogP contribution is -2.54. The van der Waals surface area contributed by atoms with Crippen LogP contribution < -0.4 is 15.0 Å². The Hall–Kier alpha value is -2.74. The predicted molar refractivity (Wildman–Crippen MR) is 100 cm³/mol. The second-order valence-corrected chi connectivity index (χ2v) is 7.29. The molecule has 140 valence electrons. The predicted octanol–water partition coefficient (Wildman–Crippen LogP) is 3.21. The Balaban J connectivity index is 1.22. The lowest BCUT2D eigenvalue weighted by atomic mass is 10.0. The third-order valence-corrected chi connectivity index (χ3v) is 5.45. The number of para-hydroxylation sites is 1. The van der Waals surface area contributed by atoms with Crippen LogP contribution in [0.5, 0.6) is 5.75 Å². The van der Waals surface area contributed by atoms with Crippen molar-refractivity contribution < 1.29 is 18.3 Å². The highest BCUT2D eigenvalue weighted by Gasteiger charge is 2.34. The van der Waals surface area contributed by atoms with Gasteiger partial charge in [0.25, 0.3) is 0 Å². The minimum Gasteiger partial charge on any atom is -0.492 e. The number of hydrogen-bond donors (Lipinski definition) is 1. The van der Waals surface area contributed by atoms with Gasteiger partial charge >= 0.3 is 0 Å². The maximum atomic E-state index is 13.7. The molecule has 8 heteroatoms. The number of hydrogen-bond acceptors (Lipinski definition) is 5. The minimum atomic E-state index is -0.328. The van der Waals surface area contributed by atoms with Crippen LogP contribution in [0.3, 0.4) is 0 Å². The SMILES string of the molecule is O=C(NCCOc1ccc(F)cc1)C1CN(c2nc3c(F)cccc3s2)C1. The van der Waals surface area contributed by atoms with Crippen molar-refractivity contribution in [3.05, 3.63) is 54.1 Å². The first-order valence-electron chi connectivity index (χ1n) is 8.56. The van der Waals surface area contributed by atoms with Gasteiger partial charge in [0.2, 0.25) is 5.91 Å². The number of ether oxygens (including phenoxy) is 1. The van der Waals surface area contributed by atoms with Gasteiger partial charge in [-0.25, -0.2) is 13.8 Å². The Labute approximate surface area is 158 Å². The number of carbonyl (C=O) groups is 1. The van der Waals surface area contributed by atoms with Crippen molar-refractivity contribution in [3.8, 4) is 5.75 Å². The van der Waals surface area contributed by atoms with Gasteiger partial charge in [-0.3, -0.25) is 4.79 Å². The van der Waals surface area contributed by atoms with E-state index in [-0.39, 0.29) is 23.5 Å². The number of carbonyl (C=O) groups excluding carboxylic acids is 1. The van der Waals surface area contributed by atoms with Gasteiger partial charge in [-0.1, -0.05) is 17.4 Å². The van der Waals surface area contributed by atoms with Crippen molar-refractivity contribution in [1.29, 1.82) is 0 Å². The summed E-state index contributed by atoms with van der Waals surface area (Å²) in [5.74, 6) is -0.246. The van der Waals surface area contributed by atoms with Crippen molar-refractivity contribution in [2.45, 2.75) is 0 Å². The summed E-state index contributed by atoms with van der Waals surface area (Å²) in [5.41, 5.74) is 0.378. The van der Waals surface area contributed by atoms with E-state index in [9.17, 15) is 13.6 Å². The van der Waals surface area contributed by atoms with Crippen LogP contribution in [0.4, 0.5) is 13.9 Å². The van der Waals surface area contributed by atoms with Crippen LogP contribution in [0, 0.1) is 17.6 Å². The van der Waals surface area contributed by atoms with E-state index in [2.05, 4.69) is 10.3 Å². The Bertz CT molecular complexity index is 955. The number of nitrogens with zero attached hydrogens (tertiary/aromatic N) is 2. The van der Waals surface area contributed by atoms with Crippen LogP contribution >= 0.6 is 11.3 Å². The molecule has 3 aromatic rings. The third-order valence-electron chi connectivity index (χ3n) is 4.36. The number of anilines is 1. The van der Waals surface area contributed by atoms with E-state index in [1.807, 2.05) is 11.0 Å². The van der Waals surface area contributed by atoms with E-state index in [4.69, 9.17) is 4.74 Å². The molecule has 2 heterocycles. The zero-order chi connectivity index (χ0) is 18.8. The fourth-order valence-electron chi connectivity index (χ4n) is 2.86. The molecule has 1 saturated heterocycles. The summed E-state index contributed by atoms with van der Waals surface area (Å²) in [6, 6.07) is 10.6. The summed E-state index contributed by atoms with van der Waals surface area (Å²) >= 11 is 1.43. The zero-order valence-corrected chi connectivity index (χ0v) is 15.1. The van der Waals surface area contributed by atoms with Crippen LogP contribution in [-0.4, -0.2) is 37.1 Å². The first-order chi connectivity index (χ1) is 13.1. The van der Waals surface area contributed by atoms with Gasteiger partial charge in [0.05, 0.1) is 17.2 Å². The summed E-state index contributed by atoms with van der Waals surface area (Å²) < 4.78 is 32.8. The summed E-state index contributed by atoms with van der Waals surface area (Å²) in [6.45, 7) is 1.81. The quantitative estimate of drug-likeness (QED) is 0.658. The van der Waals surface area contributed by atoms with Crippen molar-refractivity contribution in [2.75, 3.05) is 31.1 Å². The van der Waals surface area contributed by atoms with Gasteiger partial charge in [-0.2, -0.15) is 0 Å². The summed E-state index contributed by atoms with van der Waals surface area (Å²) in [5, 5.41) is 3.57. The van der Waals surface area contributed by atoms with Crippen molar-refractivity contribution >= 4 is 32.6 Å². The van der Waals surface area contributed by atoms with Crippen LogP contribution in [0.15, 0.2) is 42.5 Å². The summed E-state index contributed by atoms with van der Waals surface area (Å²) in [4.78, 5) is 18.5. The van der Waals surface area contributed by atoms with Crippen LogP contribution in [0.1, 0.15) is 0 Å². The largest absolute Gasteiger partial charge is 0.492 e. The number of fused-ring (bicyclic) bond motifs is 1. The normalized spacial score (nSPS) is 14.2. The van der Waals surface area contributed by atoms with Crippen LogP contribution in [0.2, 0.25) is 0 Å². The molecule has 0 atom stereocenters. The molecule has 0 bridgehead atoms. The van der Waals surface area contributed by atoms with E-state index >= 15 is 0 Å². The van der Waals surface area contributed by atoms with Crippen LogP contribution in [0.25, 0.3) is 10.2 Å². The highest BCUT2D eigenvalue weighted by Crippen LogP contribution is 2.33. The Morgan fingerprint density at radius 3 is 2.74 bits per heavy atom. The molecule has 0 unspecified atom stereocenters. The van der Waals surface area contributed by atoms with Gasteiger partial charge in [0, 0.05) is 13.1 Å². The molecule has 0 aliphatic carbocycles. The Morgan fingerprint density at radius 1 is 1.22 bits per heavy atom. The van der Waals surface area contributed by atoms with Gasteiger partial charge in [0.15, 0.2) is 5.13 Å². The smallest absolute Gasteiger partial charge is 0.226 e. The lowest BCUT2D eigenvalue weighted by Gasteiger charge is -2.37. The highest BCUT2D eigenvalue weighted by atomic mass is 32.1. The summed E-state index contributed by atoms with van der Waals surface area (Å²) in [6.07, 6.45) is 0. The molecule has 1 N–H and O–H groups in total. The monoisotopic (exact) mass is 389 g/mol. The Kier molecular flexibility index (Phi) is 4.89. The minimum absolute atomic E-state index is 0.0405. The zero-order valence-electron chi connectivity index (χ0n) is 14.3. The lowest BCUT2D eigenvalue weighted by molar-refractivity contribution is -0.125. The summed E-state index contributed by atoms with van der Waals surface area (Å²) in [7, 11) is 0. The fourth-order valence-corrected chi connectivity index (χ4v) is 3.86. The van der Waals surface area contributed by atoms with E-state index in [1.54, 1.807) is 18.2 Å². The number of aromatic nitrogens is 1. The first-order valence-corrected chi connectivity index (χ1v) is 9.38. The van der Waals surface area contributed by atoms with E-state index in [1.165, 1.54) is 29.5 Å². The molecular formula is C19H17F2N3O2S. The molecule has 2 aromatic carbocycles. The van der Waals surface area contributed by atoms with Crippen molar-refractivity contribution in [2.24, 2.45) is 5.92 Å². The van der Waals surface area contributed by atoms with Gasteiger partial charge < -0.3 is 15.0 Å². The molecule has 1 amide bonds. The second kappa shape index (κ2) is 7.48. The molecule has 0 spiro atoms. The third kappa shape index (κ3) is 3.85. The molecule has 5 nitrogen and oxygen atoms in total. The average Bonchev–Trinajstić information content (AvgIpc) is 3.04. The first kappa shape index (κ1) is 17.7. The second-order valence-electron chi connectivity index (χ2n) is 6.28. The molecule has 1 fully saturated rings. The number of benzene rings is 2. The highest BCUT2D eigenvalue weighted by molar-refractivity contribution is 7.22. The number of amides is 1. The number of thiazole rings is 1. The van der Waals surface area contributed by atoms with Crippen LogP contribution in [-0.2, 0) is 4.79 Å². The van der Waals surface area contributed by atoms with Gasteiger partial charge in [-0.15, -0.1) is 0 Å².